The van der Waals surface area contributed by atoms with Crippen LogP contribution < -0.4 is 10.5 Å². The van der Waals surface area contributed by atoms with E-state index in [0.29, 0.717) is 22.8 Å². The van der Waals surface area contributed by atoms with Crippen LogP contribution in [-0.2, 0) is 6.42 Å². The average Bonchev–Trinajstić information content (AvgIpc) is 2.47. The van der Waals surface area contributed by atoms with Crippen LogP contribution in [0.1, 0.15) is 15.9 Å². The van der Waals surface area contributed by atoms with Gasteiger partial charge in [-0.2, -0.15) is 0 Å². The summed E-state index contributed by atoms with van der Waals surface area (Å²) in [7, 11) is 1.52. The molecule has 0 radical (unpaired) electrons. The number of hydrogen-bond acceptors (Lipinski definition) is 3. The van der Waals surface area contributed by atoms with Gasteiger partial charge >= 0.3 is 0 Å². The summed E-state index contributed by atoms with van der Waals surface area (Å²) in [5.74, 6) is 0.316. The molecule has 0 aromatic heterocycles. The summed E-state index contributed by atoms with van der Waals surface area (Å²) in [5.41, 5.74) is 7.45. The van der Waals surface area contributed by atoms with Crippen LogP contribution in [0.2, 0.25) is 5.02 Å². The van der Waals surface area contributed by atoms with Crippen molar-refractivity contribution in [1.82, 2.24) is 0 Å². The predicted octanol–water partition coefficient (Wildman–Crippen LogP) is 3.10. The molecule has 4 heteroatoms. The highest BCUT2D eigenvalue weighted by molar-refractivity contribution is 6.31. The van der Waals surface area contributed by atoms with E-state index in [-0.39, 0.29) is 5.78 Å². The lowest BCUT2D eigenvalue weighted by atomic mass is 9.98. The number of carbonyl (C=O) groups excluding carboxylic acids is 1. The lowest BCUT2D eigenvalue weighted by Crippen LogP contribution is -2.33. The lowest BCUT2D eigenvalue weighted by molar-refractivity contribution is 0.0958. The molecule has 0 fully saturated rings. The fourth-order valence-electron chi connectivity index (χ4n) is 2.03. The number of hydrogen-bond donors (Lipinski definition) is 1. The molecule has 20 heavy (non-hydrogen) atoms. The molecule has 2 aromatic carbocycles. The molecule has 0 saturated carbocycles. The highest BCUT2D eigenvalue weighted by Crippen LogP contribution is 2.24. The van der Waals surface area contributed by atoms with Gasteiger partial charge in [0.05, 0.1) is 18.7 Å². The molecule has 1 unspecified atom stereocenters. The van der Waals surface area contributed by atoms with Crippen molar-refractivity contribution in [3.63, 3.8) is 0 Å². The Hall–Kier alpha value is -1.84. The van der Waals surface area contributed by atoms with Gasteiger partial charge in [0.25, 0.3) is 0 Å². The standard InChI is InChI=1S/C16H16ClNO2/c1-20-15-8-7-12(17)10-13(15)16(19)14(18)9-11-5-3-2-4-6-11/h2-8,10,14H,9,18H2,1H3. The molecule has 1 atom stereocenters. The fraction of sp³-hybridized carbons (Fsp3) is 0.188. The first kappa shape index (κ1) is 14.6. The van der Waals surface area contributed by atoms with Crippen molar-refractivity contribution in [2.24, 2.45) is 5.73 Å². The van der Waals surface area contributed by atoms with Gasteiger partial charge in [-0.3, -0.25) is 4.79 Å². The molecule has 0 aliphatic carbocycles. The van der Waals surface area contributed by atoms with Crippen LogP contribution in [0.15, 0.2) is 48.5 Å². The lowest BCUT2D eigenvalue weighted by Gasteiger charge is -2.13. The van der Waals surface area contributed by atoms with Gasteiger partial charge in [-0.15, -0.1) is 0 Å². The van der Waals surface area contributed by atoms with Crippen LogP contribution >= 0.6 is 11.6 Å². The Balaban J connectivity index is 2.20. The number of methoxy groups -OCH3 is 1. The normalized spacial score (nSPS) is 11.9. The van der Waals surface area contributed by atoms with E-state index in [1.165, 1.54) is 7.11 Å². The van der Waals surface area contributed by atoms with Crippen molar-refractivity contribution in [3.05, 3.63) is 64.7 Å². The Labute approximate surface area is 123 Å². The van der Waals surface area contributed by atoms with Gasteiger partial charge in [0.1, 0.15) is 5.75 Å². The largest absolute Gasteiger partial charge is 0.496 e. The van der Waals surface area contributed by atoms with Crippen LogP contribution in [-0.4, -0.2) is 18.9 Å². The summed E-state index contributed by atoms with van der Waals surface area (Å²) in [6, 6.07) is 14.0. The van der Waals surface area contributed by atoms with Crippen LogP contribution in [0.5, 0.6) is 5.75 Å². The maximum absolute atomic E-state index is 12.4. The summed E-state index contributed by atoms with van der Waals surface area (Å²) in [6.45, 7) is 0. The number of ketones is 1. The van der Waals surface area contributed by atoms with Gasteiger partial charge in [0.2, 0.25) is 0 Å². The van der Waals surface area contributed by atoms with Crippen LogP contribution in [0.25, 0.3) is 0 Å². The van der Waals surface area contributed by atoms with E-state index in [4.69, 9.17) is 22.1 Å². The van der Waals surface area contributed by atoms with Crippen molar-refractivity contribution in [2.45, 2.75) is 12.5 Å². The van der Waals surface area contributed by atoms with Crippen molar-refractivity contribution in [2.75, 3.05) is 7.11 Å². The highest BCUT2D eigenvalue weighted by atomic mass is 35.5. The monoisotopic (exact) mass is 289 g/mol. The number of benzene rings is 2. The van der Waals surface area contributed by atoms with Crippen LogP contribution in [0.3, 0.4) is 0 Å². The number of ether oxygens (including phenoxy) is 1. The Kier molecular flexibility index (Phi) is 4.77. The first-order valence-electron chi connectivity index (χ1n) is 6.29. The minimum atomic E-state index is -0.621. The van der Waals surface area contributed by atoms with Crippen molar-refractivity contribution < 1.29 is 9.53 Å². The molecule has 0 saturated heterocycles. The molecule has 2 rings (SSSR count). The number of nitrogens with two attached hydrogens (primary N) is 1. The van der Waals surface area contributed by atoms with Crippen molar-refractivity contribution in [3.8, 4) is 5.75 Å². The molecule has 3 nitrogen and oxygen atoms in total. The van der Waals surface area contributed by atoms with Gasteiger partial charge < -0.3 is 10.5 Å². The molecule has 2 N–H and O–H groups in total. The average molecular weight is 290 g/mol. The summed E-state index contributed by atoms with van der Waals surface area (Å²) in [6.07, 6.45) is 0.481. The van der Waals surface area contributed by atoms with E-state index in [0.717, 1.165) is 5.56 Å². The van der Waals surface area contributed by atoms with E-state index in [1.54, 1.807) is 18.2 Å². The maximum Gasteiger partial charge on any atom is 0.183 e. The minimum absolute atomic E-state index is 0.173. The molecule has 0 bridgehead atoms. The SMILES string of the molecule is COc1ccc(Cl)cc1C(=O)C(N)Cc1ccccc1. The smallest absolute Gasteiger partial charge is 0.183 e. The fourth-order valence-corrected chi connectivity index (χ4v) is 2.21. The zero-order valence-electron chi connectivity index (χ0n) is 11.2. The summed E-state index contributed by atoms with van der Waals surface area (Å²) in [4.78, 5) is 12.4. The third kappa shape index (κ3) is 3.38. The summed E-state index contributed by atoms with van der Waals surface area (Å²) >= 11 is 5.93. The minimum Gasteiger partial charge on any atom is -0.496 e. The molecule has 104 valence electrons. The van der Waals surface area contributed by atoms with E-state index >= 15 is 0 Å². The maximum atomic E-state index is 12.4. The number of Topliss-reactive ketones (excluding diaryl/α,β-unsaturated/α-hetero) is 1. The summed E-state index contributed by atoms with van der Waals surface area (Å²) in [5, 5.41) is 0.487. The topological polar surface area (TPSA) is 52.3 Å². The molecule has 2 aromatic rings. The third-order valence-electron chi connectivity index (χ3n) is 3.06. The second kappa shape index (κ2) is 6.55. The second-order valence-corrected chi connectivity index (χ2v) is 4.94. The van der Waals surface area contributed by atoms with Crippen LogP contribution in [0, 0.1) is 0 Å². The molecule has 0 amide bonds. The highest BCUT2D eigenvalue weighted by Gasteiger charge is 2.20. The van der Waals surface area contributed by atoms with E-state index < -0.39 is 6.04 Å². The van der Waals surface area contributed by atoms with E-state index in [1.807, 2.05) is 30.3 Å². The Morgan fingerprint density at radius 1 is 1.25 bits per heavy atom. The van der Waals surface area contributed by atoms with Gasteiger partial charge in [0.15, 0.2) is 5.78 Å². The van der Waals surface area contributed by atoms with Gasteiger partial charge in [-0.25, -0.2) is 0 Å². The zero-order valence-corrected chi connectivity index (χ0v) is 11.9. The Morgan fingerprint density at radius 3 is 2.60 bits per heavy atom. The number of carbonyl (C=O) groups is 1. The molecular weight excluding hydrogens is 274 g/mol. The van der Waals surface area contributed by atoms with E-state index in [2.05, 4.69) is 0 Å². The van der Waals surface area contributed by atoms with E-state index in [9.17, 15) is 4.79 Å². The van der Waals surface area contributed by atoms with Crippen molar-refractivity contribution >= 4 is 17.4 Å². The quantitative estimate of drug-likeness (QED) is 0.861. The molecule has 0 aliphatic heterocycles. The second-order valence-electron chi connectivity index (χ2n) is 4.51. The number of halogens is 1. The predicted molar refractivity (Wildman–Crippen MR) is 80.5 cm³/mol. The molecular formula is C16H16ClNO2. The summed E-state index contributed by atoms with van der Waals surface area (Å²) < 4.78 is 5.19. The van der Waals surface area contributed by atoms with Gasteiger partial charge in [0, 0.05) is 5.02 Å². The Bertz CT molecular complexity index is 599. The molecule has 0 aliphatic rings. The first-order chi connectivity index (χ1) is 9.61. The zero-order chi connectivity index (χ0) is 14.5. The number of rotatable bonds is 5. The molecule has 0 spiro atoms. The van der Waals surface area contributed by atoms with Gasteiger partial charge in [-0.1, -0.05) is 41.9 Å². The van der Waals surface area contributed by atoms with Gasteiger partial charge in [-0.05, 0) is 30.2 Å². The Morgan fingerprint density at radius 2 is 1.95 bits per heavy atom. The van der Waals surface area contributed by atoms with Crippen molar-refractivity contribution in [1.29, 1.82) is 0 Å². The third-order valence-corrected chi connectivity index (χ3v) is 3.30. The van der Waals surface area contributed by atoms with Crippen LogP contribution in [0.4, 0.5) is 0 Å². The molecule has 0 heterocycles. The first-order valence-corrected chi connectivity index (χ1v) is 6.67.